The summed E-state index contributed by atoms with van der Waals surface area (Å²) in [5.74, 6) is 2.77. The lowest BCUT2D eigenvalue weighted by Gasteiger charge is -2.06. The van der Waals surface area contributed by atoms with E-state index in [0.29, 0.717) is 12.1 Å². The lowest BCUT2D eigenvalue weighted by atomic mass is 10.2. The molecule has 1 heterocycles. The Hall–Kier alpha value is -2.27. The second-order valence-corrected chi connectivity index (χ2v) is 6.82. The highest BCUT2D eigenvalue weighted by Crippen LogP contribution is 2.16. The normalized spacial score (nSPS) is 10.9. The second kappa shape index (κ2) is 7.53. The maximum absolute atomic E-state index is 12.3. The van der Waals surface area contributed by atoms with Gasteiger partial charge in [0.25, 0.3) is 5.91 Å². The van der Waals surface area contributed by atoms with Crippen molar-refractivity contribution < 1.29 is 4.79 Å². The quantitative estimate of drug-likeness (QED) is 0.699. The fourth-order valence-corrected chi connectivity index (χ4v) is 3.38. The number of carbonyl (C=O) groups is 1. The average Bonchev–Trinajstić information content (AvgIpc) is 2.89. The monoisotopic (exact) mass is 339 g/mol. The number of thioether (sulfide) groups is 1. The smallest absolute Gasteiger partial charge is 0.251 e. The number of rotatable bonds is 6. The minimum Gasteiger partial charge on any atom is -0.351 e. The van der Waals surface area contributed by atoms with Crippen LogP contribution in [0.15, 0.2) is 48.5 Å². The van der Waals surface area contributed by atoms with Gasteiger partial charge in [-0.2, -0.15) is 11.8 Å². The summed E-state index contributed by atoms with van der Waals surface area (Å²) in [6.45, 7) is 2.62. The molecule has 0 radical (unpaired) electrons. The van der Waals surface area contributed by atoms with E-state index in [0.717, 1.165) is 28.4 Å². The van der Waals surface area contributed by atoms with Crippen molar-refractivity contribution in [2.24, 2.45) is 7.05 Å². The third-order valence-electron chi connectivity index (χ3n) is 4.01. The summed E-state index contributed by atoms with van der Waals surface area (Å²) in [5, 5.41) is 2.98. The van der Waals surface area contributed by atoms with Gasteiger partial charge in [-0.1, -0.05) is 30.3 Å². The number of hydrogen-bond donors (Lipinski definition) is 1. The van der Waals surface area contributed by atoms with Gasteiger partial charge in [0, 0.05) is 30.7 Å². The molecule has 0 unspecified atom stereocenters. The molecule has 0 aliphatic carbocycles. The Kier molecular flexibility index (Phi) is 5.20. The number of carbonyl (C=O) groups excluding carboxylic acids is 1. The first-order valence-electron chi connectivity index (χ1n) is 7.98. The summed E-state index contributed by atoms with van der Waals surface area (Å²) < 4.78 is 2.03. The molecule has 0 spiro atoms. The maximum Gasteiger partial charge on any atom is 0.251 e. The van der Waals surface area contributed by atoms with Crippen molar-refractivity contribution in [1.82, 2.24) is 14.9 Å². The highest BCUT2D eigenvalue weighted by Gasteiger charge is 2.09. The van der Waals surface area contributed by atoms with E-state index in [1.54, 1.807) is 0 Å². The molecule has 4 nitrogen and oxygen atoms in total. The number of nitrogens with zero attached hydrogens (tertiary/aromatic N) is 2. The molecule has 1 aromatic heterocycles. The first-order chi connectivity index (χ1) is 11.6. The molecule has 3 rings (SSSR count). The van der Waals surface area contributed by atoms with Crippen LogP contribution in [-0.2, 0) is 12.8 Å². The predicted molar refractivity (Wildman–Crippen MR) is 100 cm³/mol. The van der Waals surface area contributed by atoms with E-state index in [-0.39, 0.29) is 5.91 Å². The van der Waals surface area contributed by atoms with Crippen LogP contribution in [0.25, 0.3) is 11.0 Å². The molecular formula is C19H21N3OS. The summed E-state index contributed by atoms with van der Waals surface area (Å²) in [7, 11) is 1.98. The summed E-state index contributed by atoms with van der Waals surface area (Å²) in [4.78, 5) is 16.7. The van der Waals surface area contributed by atoms with Crippen LogP contribution in [-0.4, -0.2) is 27.8 Å². The van der Waals surface area contributed by atoms with E-state index in [4.69, 9.17) is 0 Å². The van der Waals surface area contributed by atoms with E-state index < -0.39 is 0 Å². The molecule has 0 aliphatic rings. The van der Waals surface area contributed by atoms with Crippen molar-refractivity contribution in [3.05, 3.63) is 65.5 Å². The number of imidazole rings is 1. The highest BCUT2D eigenvalue weighted by atomic mass is 32.2. The number of benzene rings is 2. The Morgan fingerprint density at radius 1 is 1.21 bits per heavy atom. The minimum atomic E-state index is -0.0412. The second-order valence-electron chi connectivity index (χ2n) is 5.72. The number of amides is 1. The van der Waals surface area contributed by atoms with Gasteiger partial charge in [-0.25, -0.2) is 4.98 Å². The third-order valence-corrected chi connectivity index (χ3v) is 5.04. The molecule has 3 aromatic rings. The van der Waals surface area contributed by atoms with Crippen LogP contribution < -0.4 is 5.32 Å². The Morgan fingerprint density at radius 2 is 2.00 bits per heavy atom. The molecule has 5 heteroatoms. The number of aryl methyl sites for hydroxylation is 2. The van der Waals surface area contributed by atoms with Crippen LogP contribution in [0.2, 0.25) is 0 Å². The summed E-state index contributed by atoms with van der Waals surface area (Å²) in [5.41, 5.74) is 3.88. The molecule has 2 aromatic carbocycles. The van der Waals surface area contributed by atoms with E-state index in [1.165, 1.54) is 5.56 Å². The van der Waals surface area contributed by atoms with E-state index in [1.807, 2.05) is 66.7 Å². The zero-order valence-electron chi connectivity index (χ0n) is 14.0. The Morgan fingerprint density at radius 3 is 2.79 bits per heavy atom. The Labute approximate surface area is 146 Å². The Bertz CT molecular complexity index is 842. The summed E-state index contributed by atoms with van der Waals surface area (Å²) >= 11 is 1.82. The van der Waals surface area contributed by atoms with Gasteiger partial charge in [0.15, 0.2) is 0 Å². The molecule has 24 heavy (non-hydrogen) atoms. The minimum absolute atomic E-state index is 0.0412. The molecule has 0 aliphatic heterocycles. The van der Waals surface area contributed by atoms with Crippen LogP contribution >= 0.6 is 11.8 Å². The zero-order valence-corrected chi connectivity index (χ0v) is 14.8. The molecule has 124 valence electrons. The first-order valence-corrected chi connectivity index (χ1v) is 9.13. The van der Waals surface area contributed by atoms with Gasteiger partial charge in [-0.3, -0.25) is 4.79 Å². The number of nitrogens with one attached hydrogen (secondary N) is 1. The first kappa shape index (κ1) is 16.6. The van der Waals surface area contributed by atoms with Gasteiger partial charge < -0.3 is 9.88 Å². The van der Waals surface area contributed by atoms with Crippen molar-refractivity contribution in [3.8, 4) is 0 Å². The van der Waals surface area contributed by atoms with Crippen molar-refractivity contribution in [2.75, 3.05) is 12.3 Å². The van der Waals surface area contributed by atoms with Crippen LogP contribution in [0.1, 0.15) is 21.7 Å². The molecular weight excluding hydrogens is 318 g/mol. The van der Waals surface area contributed by atoms with Gasteiger partial charge in [-0.15, -0.1) is 0 Å². The number of hydrogen-bond acceptors (Lipinski definition) is 3. The third kappa shape index (κ3) is 3.79. The lowest BCUT2D eigenvalue weighted by molar-refractivity contribution is 0.0956. The molecule has 0 saturated heterocycles. The highest BCUT2D eigenvalue weighted by molar-refractivity contribution is 7.98. The molecule has 0 saturated carbocycles. The standard InChI is InChI=1S/C19H21N3OS/c1-14-21-17-12-16(8-9-18(17)22(14)2)19(23)20-10-11-24-13-15-6-4-3-5-7-15/h3-9,12H,10-11,13H2,1-2H3,(H,20,23). The predicted octanol–water partition coefficient (Wildman–Crippen LogP) is 3.54. The van der Waals surface area contributed by atoms with Crippen LogP contribution in [0.3, 0.4) is 0 Å². The van der Waals surface area contributed by atoms with Crippen LogP contribution in [0.5, 0.6) is 0 Å². The SMILES string of the molecule is Cc1nc2cc(C(=O)NCCSCc3ccccc3)ccc2n1C. The largest absolute Gasteiger partial charge is 0.351 e. The van der Waals surface area contributed by atoms with Crippen LogP contribution in [0, 0.1) is 6.92 Å². The van der Waals surface area contributed by atoms with Crippen LogP contribution in [0.4, 0.5) is 0 Å². The molecule has 0 bridgehead atoms. The van der Waals surface area contributed by atoms with Gasteiger partial charge in [0.05, 0.1) is 11.0 Å². The van der Waals surface area contributed by atoms with Gasteiger partial charge in [0.2, 0.25) is 0 Å². The zero-order chi connectivity index (χ0) is 16.9. The fourth-order valence-electron chi connectivity index (χ4n) is 2.56. The lowest BCUT2D eigenvalue weighted by Crippen LogP contribution is -2.25. The maximum atomic E-state index is 12.3. The van der Waals surface area contributed by atoms with E-state index in [2.05, 4.69) is 22.4 Å². The number of aromatic nitrogens is 2. The molecule has 0 atom stereocenters. The molecule has 1 N–H and O–H groups in total. The summed E-state index contributed by atoms with van der Waals surface area (Å²) in [6, 6.07) is 16.0. The van der Waals surface area contributed by atoms with Crippen molar-refractivity contribution in [1.29, 1.82) is 0 Å². The van der Waals surface area contributed by atoms with Gasteiger partial charge in [-0.05, 0) is 30.7 Å². The Balaban J connectivity index is 1.50. The van der Waals surface area contributed by atoms with Crippen molar-refractivity contribution in [2.45, 2.75) is 12.7 Å². The number of fused-ring (bicyclic) bond motifs is 1. The summed E-state index contributed by atoms with van der Waals surface area (Å²) in [6.07, 6.45) is 0. The fraction of sp³-hybridized carbons (Fsp3) is 0.263. The molecule has 0 fully saturated rings. The van der Waals surface area contributed by atoms with Crippen molar-refractivity contribution in [3.63, 3.8) is 0 Å². The average molecular weight is 339 g/mol. The van der Waals surface area contributed by atoms with Gasteiger partial charge >= 0.3 is 0 Å². The topological polar surface area (TPSA) is 46.9 Å². The van der Waals surface area contributed by atoms with E-state index >= 15 is 0 Å². The van der Waals surface area contributed by atoms with E-state index in [9.17, 15) is 4.79 Å². The molecule has 1 amide bonds. The van der Waals surface area contributed by atoms with Crippen molar-refractivity contribution >= 4 is 28.7 Å². The van der Waals surface area contributed by atoms with Gasteiger partial charge in [0.1, 0.15) is 5.82 Å².